The van der Waals surface area contributed by atoms with Crippen LogP contribution in [0.25, 0.3) is 0 Å². The van der Waals surface area contributed by atoms with E-state index in [1.807, 2.05) is 12.2 Å². The average molecular weight is 998 g/mol. The SMILES string of the molecule is CC/C=C\C/C=C\C/C=C\C/C=C\C/C=C\C/C=C\CCC(=O)OC(COC(=O)CCCCCCC/C=C\CCCCCCC)COC(=O)CCCCCCCC/C=C\C/C=C\C/C=C\CCCCCCC. The smallest absolute Gasteiger partial charge is 0.306 e. The zero-order chi connectivity index (χ0) is 52.2. The number of hydrogen-bond acceptors (Lipinski definition) is 6. The maximum absolute atomic E-state index is 12.8. The molecule has 0 aromatic heterocycles. The fourth-order valence-electron chi connectivity index (χ4n) is 7.76. The maximum Gasteiger partial charge on any atom is 0.306 e. The molecule has 72 heavy (non-hydrogen) atoms. The molecule has 0 spiro atoms. The lowest BCUT2D eigenvalue weighted by Crippen LogP contribution is -2.30. The van der Waals surface area contributed by atoms with Gasteiger partial charge in [0.25, 0.3) is 0 Å². The number of allylic oxidation sites excluding steroid dienone is 20. The Labute approximate surface area is 443 Å². The van der Waals surface area contributed by atoms with Crippen molar-refractivity contribution >= 4 is 17.9 Å². The molecule has 0 aliphatic carbocycles. The van der Waals surface area contributed by atoms with Gasteiger partial charge < -0.3 is 14.2 Å². The number of ether oxygens (including phenoxy) is 3. The predicted octanol–water partition coefficient (Wildman–Crippen LogP) is 20.0. The van der Waals surface area contributed by atoms with Gasteiger partial charge in [0.15, 0.2) is 6.10 Å². The summed E-state index contributed by atoms with van der Waals surface area (Å²) in [4.78, 5) is 38.2. The summed E-state index contributed by atoms with van der Waals surface area (Å²) in [5, 5.41) is 0. The Morgan fingerprint density at radius 1 is 0.292 bits per heavy atom. The van der Waals surface area contributed by atoms with Gasteiger partial charge in [0, 0.05) is 19.3 Å². The number of esters is 3. The fraction of sp³-hybridized carbons (Fsp3) is 0.652. The summed E-state index contributed by atoms with van der Waals surface area (Å²) in [6.45, 7) is 6.42. The van der Waals surface area contributed by atoms with E-state index in [9.17, 15) is 14.4 Å². The van der Waals surface area contributed by atoms with Crippen molar-refractivity contribution in [1.82, 2.24) is 0 Å². The lowest BCUT2D eigenvalue weighted by molar-refractivity contribution is -0.166. The minimum absolute atomic E-state index is 0.119. The number of carbonyl (C=O) groups excluding carboxylic acids is 3. The molecule has 1 unspecified atom stereocenters. The highest BCUT2D eigenvalue weighted by Gasteiger charge is 2.19. The third-order valence-electron chi connectivity index (χ3n) is 12.2. The van der Waals surface area contributed by atoms with Crippen LogP contribution < -0.4 is 0 Å². The summed E-state index contributed by atoms with van der Waals surface area (Å²) in [7, 11) is 0. The molecule has 0 aromatic carbocycles. The molecule has 0 bridgehead atoms. The van der Waals surface area contributed by atoms with Crippen LogP contribution in [0.2, 0.25) is 0 Å². The van der Waals surface area contributed by atoms with E-state index in [-0.39, 0.29) is 31.6 Å². The van der Waals surface area contributed by atoms with E-state index in [2.05, 4.69) is 130 Å². The van der Waals surface area contributed by atoms with E-state index >= 15 is 0 Å². The van der Waals surface area contributed by atoms with Gasteiger partial charge in [-0.15, -0.1) is 0 Å². The van der Waals surface area contributed by atoms with Crippen molar-refractivity contribution < 1.29 is 28.6 Å². The molecule has 6 nitrogen and oxygen atoms in total. The first-order chi connectivity index (χ1) is 35.5. The van der Waals surface area contributed by atoms with Gasteiger partial charge in [0.05, 0.1) is 0 Å². The summed E-state index contributed by atoms with van der Waals surface area (Å²) in [6.07, 6.45) is 82.0. The van der Waals surface area contributed by atoms with Crippen molar-refractivity contribution in [2.75, 3.05) is 13.2 Å². The molecule has 6 heteroatoms. The molecule has 0 fully saturated rings. The molecule has 1 atom stereocenters. The second-order valence-electron chi connectivity index (χ2n) is 19.2. The summed E-state index contributed by atoms with van der Waals surface area (Å²) in [5.74, 6) is -1.03. The van der Waals surface area contributed by atoms with Crippen molar-refractivity contribution in [1.29, 1.82) is 0 Å². The summed E-state index contributed by atoms with van der Waals surface area (Å²) in [6, 6.07) is 0. The third-order valence-corrected chi connectivity index (χ3v) is 12.2. The number of hydrogen-bond donors (Lipinski definition) is 0. The second-order valence-corrected chi connectivity index (χ2v) is 19.2. The molecule has 0 rings (SSSR count). The zero-order valence-electron chi connectivity index (χ0n) is 46.7. The van der Waals surface area contributed by atoms with E-state index in [1.165, 1.54) is 96.3 Å². The molecule has 0 aliphatic rings. The monoisotopic (exact) mass is 997 g/mol. The van der Waals surface area contributed by atoms with Crippen LogP contribution in [0, 0.1) is 0 Å². The highest BCUT2D eigenvalue weighted by Crippen LogP contribution is 2.13. The predicted molar refractivity (Wildman–Crippen MR) is 311 cm³/mol. The van der Waals surface area contributed by atoms with Gasteiger partial charge >= 0.3 is 17.9 Å². The summed E-state index contributed by atoms with van der Waals surface area (Å²) < 4.78 is 16.8. The minimum Gasteiger partial charge on any atom is -0.462 e. The molecule has 0 radical (unpaired) electrons. The van der Waals surface area contributed by atoms with Gasteiger partial charge in [0.1, 0.15) is 13.2 Å². The number of unbranched alkanes of at least 4 members (excludes halogenated alkanes) is 21. The van der Waals surface area contributed by atoms with Crippen LogP contribution in [0.4, 0.5) is 0 Å². The first-order valence-electron chi connectivity index (χ1n) is 29.5. The van der Waals surface area contributed by atoms with Crippen LogP contribution in [0.5, 0.6) is 0 Å². The van der Waals surface area contributed by atoms with Gasteiger partial charge in [-0.1, -0.05) is 239 Å². The molecule has 0 heterocycles. The molecule has 0 saturated carbocycles. The average Bonchev–Trinajstić information content (AvgIpc) is 3.38. The van der Waals surface area contributed by atoms with Gasteiger partial charge in [0.2, 0.25) is 0 Å². The van der Waals surface area contributed by atoms with Crippen molar-refractivity contribution in [3.8, 4) is 0 Å². The first-order valence-corrected chi connectivity index (χ1v) is 29.5. The second kappa shape index (κ2) is 59.4. The van der Waals surface area contributed by atoms with Crippen LogP contribution >= 0.6 is 0 Å². The highest BCUT2D eigenvalue weighted by atomic mass is 16.6. The molecule has 408 valence electrons. The van der Waals surface area contributed by atoms with E-state index in [0.717, 1.165) is 116 Å². The Hall–Kier alpha value is -4.19. The van der Waals surface area contributed by atoms with E-state index in [1.54, 1.807) is 0 Å². The van der Waals surface area contributed by atoms with E-state index in [4.69, 9.17) is 14.2 Å². The van der Waals surface area contributed by atoms with Gasteiger partial charge in [-0.25, -0.2) is 0 Å². The normalized spacial score (nSPS) is 13.0. The Morgan fingerprint density at radius 2 is 0.569 bits per heavy atom. The van der Waals surface area contributed by atoms with Crippen LogP contribution in [0.15, 0.2) is 122 Å². The van der Waals surface area contributed by atoms with Gasteiger partial charge in [-0.05, 0) is 122 Å². The largest absolute Gasteiger partial charge is 0.462 e. The van der Waals surface area contributed by atoms with Crippen LogP contribution in [-0.2, 0) is 28.6 Å². The van der Waals surface area contributed by atoms with Crippen molar-refractivity contribution in [3.63, 3.8) is 0 Å². The third kappa shape index (κ3) is 56.7. The van der Waals surface area contributed by atoms with Crippen LogP contribution in [-0.4, -0.2) is 37.2 Å². The van der Waals surface area contributed by atoms with Gasteiger partial charge in [-0.2, -0.15) is 0 Å². The molecule has 0 amide bonds. The zero-order valence-corrected chi connectivity index (χ0v) is 46.7. The quantitative estimate of drug-likeness (QED) is 0.0261. The van der Waals surface area contributed by atoms with Crippen molar-refractivity contribution in [2.24, 2.45) is 0 Å². The Bertz CT molecular complexity index is 1520. The van der Waals surface area contributed by atoms with Crippen LogP contribution in [0.3, 0.4) is 0 Å². The molecular weight excluding hydrogens is 889 g/mol. The highest BCUT2D eigenvalue weighted by molar-refractivity contribution is 5.71. The Morgan fingerprint density at radius 3 is 0.917 bits per heavy atom. The lowest BCUT2D eigenvalue weighted by Gasteiger charge is -2.18. The molecule has 0 saturated heterocycles. The van der Waals surface area contributed by atoms with E-state index < -0.39 is 12.1 Å². The molecule has 0 aromatic rings. The Kier molecular flexibility index (Phi) is 55.9. The first kappa shape index (κ1) is 67.8. The molecule has 0 aliphatic heterocycles. The summed E-state index contributed by atoms with van der Waals surface area (Å²) in [5.41, 5.74) is 0. The number of carbonyl (C=O) groups is 3. The minimum atomic E-state index is -0.831. The van der Waals surface area contributed by atoms with Gasteiger partial charge in [-0.3, -0.25) is 14.4 Å². The summed E-state index contributed by atoms with van der Waals surface area (Å²) >= 11 is 0. The lowest BCUT2D eigenvalue weighted by atomic mass is 10.1. The standard InChI is InChI=1S/C66H108O6/c1-4-7-10-13-16-19-22-25-28-30-32-33-35-36-38-41-44-47-50-53-56-59-65(68)71-62-63(61-70-64(67)58-55-52-49-46-43-40-27-24-21-18-15-12-9-6-3)72-66(69)60-57-54-51-48-45-42-39-37-34-31-29-26-23-20-17-14-11-8-5-2/h8,11,17,20,22,24-27,29-30,32,34-37,42,45,51,54,63H,4-7,9-10,12-16,18-19,21,23,28,31,33,38-41,43-44,46-50,52-53,55-62H2,1-3H3/b11-8-,20-17-,25-22-,27-24-,29-26-,32-30-,36-35-,37-34-,45-42-,54-51-. The van der Waals surface area contributed by atoms with Crippen molar-refractivity contribution in [2.45, 2.75) is 264 Å². The maximum atomic E-state index is 12.8. The number of rotatable bonds is 52. The fourth-order valence-corrected chi connectivity index (χ4v) is 7.76. The van der Waals surface area contributed by atoms with E-state index in [0.29, 0.717) is 19.3 Å². The molecular formula is C66H108O6. The van der Waals surface area contributed by atoms with Crippen LogP contribution in [0.1, 0.15) is 258 Å². The topological polar surface area (TPSA) is 78.9 Å². The van der Waals surface area contributed by atoms with Crippen molar-refractivity contribution in [3.05, 3.63) is 122 Å². The molecule has 0 N–H and O–H groups in total. The Balaban J connectivity index is 4.53.